The summed E-state index contributed by atoms with van der Waals surface area (Å²) in [5, 5.41) is 8.32. The fourth-order valence-corrected chi connectivity index (χ4v) is 7.17. The van der Waals surface area contributed by atoms with Gasteiger partial charge >= 0.3 is 0 Å². The fourth-order valence-electron chi connectivity index (χ4n) is 5.31. The first-order chi connectivity index (χ1) is 20.4. The van der Waals surface area contributed by atoms with Crippen molar-refractivity contribution in [2.75, 3.05) is 64.4 Å². The van der Waals surface area contributed by atoms with Crippen LogP contribution in [0.15, 0.2) is 36.7 Å². The van der Waals surface area contributed by atoms with Gasteiger partial charge in [0.05, 0.1) is 41.9 Å². The molecule has 0 aliphatic carbocycles. The molecule has 5 heterocycles. The van der Waals surface area contributed by atoms with Gasteiger partial charge in [-0.05, 0) is 30.5 Å². The van der Waals surface area contributed by atoms with Crippen molar-refractivity contribution in [2.24, 2.45) is 0 Å². The molecule has 0 radical (unpaired) electrons. The maximum absolute atomic E-state index is 13.0. The quantitative estimate of drug-likeness (QED) is 0.379. The largest absolute Gasteiger partial charge is 0.379 e. The van der Waals surface area contributed by atoms with E-state index in [0.717, 1.165) is 53.5 Å². The van der Waals surface area contributed by atoms with Crippen LogP contribution >= 0.6 is 22.7 Å². The van der Waals surface area contributed by atoms with Gasteiger partial charge in [0.2, 0.25) is 11.8 Å². The van der Waals surface area contributed by atoms with Crippen molar-refractivity contribution in [1.29, 1.82) is 0 Å². The Morgan fingerprint density at radius 3 is 2.62 bits per heavy atom. The number of carbonyl (C=O) groups excluding carboxylic acids is 3. The van der Waals surface area contributed by atoms with Crippen molar-refractivity contribution >= 4 is 45.4 Å². The Morgan fingerprint density at radius 2 is 1.88 bits per heavy atom. The number of hydrogen-bond acceptors (Lipinski definition) is 10. The van der Waals surface area contributed by atoms with Crippen LogP contribution in [0.2, 0.25) is 0 Å². The molecule has 11 nitrogen and oxygen atoms in total. The molecule has 1 aromatic carbocycles. The molecular weight excluding hydrogens is 574 g/mol. The molecule has 222 valence electrons. The van der Waals surface area contributed by atoms with Gasteiger partial charge in [0.25, 0.3) is 5.91 Å². The Balaban J connectivity index is 0.973. The molecule has 3 aromatic rings. The van der Waals surface area contributed by atoms with E-state index in [4.69, 9.17) is 4.74 Å². The molecule has 3 fully saturated rings. The Labute approximate surface area is 252 Å². The predicted molar refractivity (Wildman–Crippen MR) is 162 cm³/mol. The number of likely N-dealkylation sites (N-methyl/N-ethyl adjacent to an activating group) is 1. The van der Waals surface area contributed by atoms with E-state index in [-0.39, 0.29) is 29.7 Å². The number of aromatic nitrogens is 2. The summed E-state index contributed by atoms with van der Waals surface area (Å²) in [6.45, 7) is 5.90. The summed E-state index contributed by atoms with van der Waals surface area (Å²) in [7, 11) is 1.74. The van der Waals surface area contributed by atoms with E-state index in [9.17, 15) is 14.4 Å². The van der Waals surface area contributed by atoms with E-state index in [0.29, 0.717) is 49.4 Å². The lowest BCUT2D eigenvalue weighted by Gasteiger charge is -2.37. The van der Waals surface area contributed by atoms with E-state index in [2.05, 4.69) is 37.6 Å². The van der Waals surface area contributed by atoms with Crippen LogP contribution in [-0.2, 0) is 20.9 Å². The lowest BCUT2D eigenvalue weighted by Crippen LogP contribution is -2.48. The van der Waals surface area contributed by atoms with Crippen molar-refractivity contribution in [2.45, 2.75) is 31.3 Å². The van der Waals surface area contributed by atoms with Crippen molar-refractivity contribution < 1.29 is 19.1 Å². The highest BCUT2D eigenvalue weighted by molar-refractivity contribution is 7.17. The average molecular weight is 610 g/mol. The third-order valence-electron chi connectivity index (χ3n) is 7.94. The molecule has 0 unspecified atom stereocenters. The van der Waals surface area contributed by atoms with Crippen LogP contribution in [0.1, 0.15) is 39.1 Å². The molecule has 2 N–H and O–H groups in total. The molecule has 0 bridgehead atoms. The van der Waals surface area contributed by atoms with Crippen molar-refractivity contribution in [3.63, 3.8) is 0 Å². The van der Waals surface area contributed by atoms with Crippen LogP contribution in [0.25, 0.3) is 10.4 Å². The van der Waals surface area contributed by atoms with Gasteiger partial charge in [0.1, 0.15) is 5.00 Å². The number of hydrogen-bond donors (Lipinski definition) is 2. The second-order valence-corrected chi connectivity index (χ2v) is 13.0. The lowest BCUT2D eigenvalue weighted by molar-refractivity contribution is -0.123. The average Bonchev–Trinajstić information content (AvgIpc) is 3.78. The number of morpholine rings is 1. The minimum absolute atomic E-state index is 0.0135. The monoisotopic (exact) mass is 609 g/mol. The van der Waals surface area contributed by atoms with Gasteiger partial charge in [-0.1, -0.05) is 35.6 Å². The van der Waals surface area contributed by atoms with Gasteiger partial charge in [0.15, 0.2) is 5.01 Å². The first-order valence-electron chi connectivity index (χ1n) is 14.3. The molecule has 3 aliphatic heterocycles. The Bertz CT molecular complexity index is 1410. The number of ether oxygens (including phenoxy) is 1. The van der Waals surface area contributed by atoms with Crippen LogP contribution in [0.3, 0.4) is 0 Å². The normalized spacial score (nSPS) is 19.5. The van der Waals surface area contributed by atoms with E-state index in [1.807, 2.05) is 18.3 Å². The highest BCUT2D eigenvalue weighted by atomic mass is 32.1. The van der Waals surface area contributed by atoms with Crippen molar-refractivity contribution in [1.82, 2.24) is 30.4 Å². The molecule has 6 rings (SSSR count). The summed E-state index contributed by atoms with van der Waals surface area (Å²) in [6.07, 6.45) is 5.34. The van der Waals surface area contributed by atoms with Crippen LogP contribution in [0, 0.1) is 0 Å². The molecular formula is C29H35N7O4S2. The predicted octanol–water partition coefficient (Wildman–Crippen LogP) is 2.17. The van der Waals surface area contributed by atoms with Gasteiger partial charge in [-0.2, -0.15) is 0 Å². The van der Waals surface area contributed by atoms with Crippen LogP contribution in [0.5, 0.6) is 0 Å². The number of nitrogens with one attached hydrogen (secondary N) is 2. The van der Waals surface area contributed by atoms with Crippen molar-refractivity contribution in [3.05, 3.63) is 52.2 Å². The Morgan fingerprint density at radius 1 is 1.10 bits per heavy atom. The number of amides is 3. The molecule has 13 heteroatoms. The molecule has 1 atom stereocenters. The van der Waals surface area contributed by atoms with Gasteiger partial charge in [-0.3, -0.25) is 19.3 Å². The molecule has 3 amide bonds. The summed E-state index contributed by atoms with van der Waals surface area (Å²) in [4.78, 5) is 53.5. The number of thiazole rings is 2. The molecule has 0 spiro atoms. The fraction of sp³-hybridized carbons (Fsp3) is 0.483. The van der Waals surface area contributed by atoms with Gasteiger partial charge in [-0.15, -0.1) is 11.3 Å². The summed E-state index contributed by atoms with van der Waals surface area (Å²) in [5.74, 6) is 0.132. The number of benzene rings is 1. The van der Waals surface area contributed by atoms with Gasteiger partial charge < -0.3 is 25.2 Å². The van der Waals surface area contributed by atoms with Crippen molar-refractivity contribution in [3.8, 4) is 10.4 Å². The van der Waals surface area contributed by atoms with Gasteiger partial charge in [-0.25, -0.2) is 9.97 Å². The molecule has 0 saturated carbocycles. The summed E-state index contributed by atoms with van der Waals surface area (Å²) in [6, 6.07) is 8.02. The SMILES string of the molecule is CN(C(=O)[C@@H]1CCCN1)c1cnc(C(=O)N2CC(c3ncc(-c4ccc(CNC(=O)CN5CCOCC5)cc4)s3)C2)s1. The zero-order valence-electron chi connectivity index (χ0n) is 23.6. The highest BCUT2D eigenvalue weighted by Crippen LogP contribution is 2.36. The maximum atomic E-state index is 13.0. The molecule has 3 saturated heterocycles. The summed E-state index contributed by atoms with van der Waals surface area (Å²) < 4.78 is 5.33. The highest BCUT2D eigenvalue weighted by Gasteiger charge is 2.36. The molecule has 3 aliphatic rings. The Kier molecular flexibility index (Phi) is 8.91. The van der Waals surface area contributed by atoms with E-state index in [1.54, 1.807) is 34.4 Å². The van der Waals surface area contributed by atoms with Crippen LogP contribution < -0.4 is 15.5 Å². The summed E-state index contributed by atoms with van der Waals surface area (Å²) >= 11 is 2.91. The van der Waals surface area contributed by atoms with Crippen LogP contribution in [-0.4, -0.2) is 103 Å². The second-order valence-electron chi connectivity index (χ2n) is 10.9. The van der Waals surface area contributed by atoms with Gasteiger partial charge in [0, 0.05) is 51.9 Å². The summed E-state index contributed by atoms with van der Waals surface area (Å²) in [5.41, 5.74) is 2.12. The molecule has 42 heavy (non-hydrogen) atoms. The minimum Gasteiger partial charge on any atom is -0.379 e. The lowest BCUT2D eigenvalue weighted by atomic mass is 10.0. The zero-order chi connectivity index (χ0) is 29.1. The van der Waals surface area contributed by atoms with E-state index >= 15 is 0 Å². The number of likely N-dealkylation sites (tertiary alicyclic amines) is 1. The third kappa shape index (κ3) is 6.55. The maximum Gasteiger partial charge on any atom is 0.282 e. The minimum atomic E-state index is -0.160. The van der Waals surface area contributed by atoms with Crippen LogP contribution in [0.4, 0.5) is 5.00 Å². The van der Waals surface area contributed by atoms with E-state index < -0.39 is 0 Å². The first-order valence-corrected chi connectivity index (χ1v) is 16.0. The molecule has 2 aromatic heterocycles. The number of carbonyl (C=O) groups is 3. The number of rotatable bonds is 9. The second kappa shape index (κ2) is 13.0. The first kappa shape index (κ1) is 28.9. The third-order valence-corrected chi connectivity index (χ3v) is 10.2. The topological polar surface area (TPSA) is 120 Å². The number of nitrogens with zero attached hydrogens (tertiary/aromatic N) is 5. The Hall–Kier alpha value is -3.23. The van der Waals surface area contributed by atoms with E-state index in [1.165, 1.54) is 11.3 Å². The standard InChI is InChI=1S/C29H35N7O4S2/c1-34(28(38)22-3-2-8-30-22)25-15-33-27(42-25)29(39)36-16-21(17-36)26-32-14-23(41-26)20-6-4-19(5-7-20)13-31-24(37)18-35-9-11-40-12-10-35/h4-7,14-15,21-22,30H,2-3,8-13,16-18H2,1H3,(H,31,37)/t22-/m0/s1. The zero-order valence-corrected chi connectivity index (χ0v) is 25.2. The number of anilines is 1. The smallest absolute Gasteiger partial charge is 0.282 e.